The number of imide groups is 1. The Hall–Kier alpha value is -3.76. The Morgan fingerprint density at radius 2 is 1.75 bits per heavy atom. The number of nitro benzene ring substituents is 1. The topological polar surface area (TPSA) is 110 Å². The van der Waals surface area contributed by atoms with E-state index in [9.17, 15) is 24.5 Å². The second-order valence-corrected chi connectivity index (χ2v) is 9.70. The molecule has 2 unspecified atom stereocenters. The molecule has 0 radical (unpaired) electrons. The van der Waals surface area contributed by atoms with Gasteiger partial charge in [-0.25, -0.2) is 0 Å². The van der Waals surface area contributed by atoms with Crippen molar-refractivity contribution >= 4 is 56.6 Å². The minimum atomic E-state index is -1.24. The van der Waals surface area contributed by atoms with E-state index in [-0.39, 0.29) is 11.1 Å². The van der Waals surface area contributed by atoms with E-state index in [0.29, 0.717) is 32.1 Å². The molecule has 36 heavy (non-hydrogen) atoms. The van der Waals surface area contributed by atoms with Crippen molar-refractivity contribution in [3.63, 3.8) is 0 Å². The van der Waals surface area contributed by atoms with E-state index < -0.39 is 40.4 Å². The standard InChI is InChI=1S/C25H17BrClN3O6/c1-12-10-14(27)7-8-17(12)28-21(16-11-13(26)6-9-19(16)36-2)22(25(28)33)29-23(31)15-4-3-5-18(30(34)35)20(15)24(29)32/h3-11,21-22H,1-2H3. The molecule has 2 heterocycles. The van der Waals surface area contributed by atoms with Crippen LogP contribution in [-0.4, -0.2) is 40.7 Å². The Bertz CT molecular complexity index is 1490. The number of anilines is 1. The summed E-state index contributed by atoms with van der Waals surface area (Å²) in [4.78, 5) is 53.6. The summed E-state index contributed by atoms with van der Waals surface area (Å²) in [6, 6.07) is 12.1. The number of amides is 3. The molecule has 2 aliphatic heterocycles. The number of methoxy groups -OCH3 is 1. The Morgan fingerprint density at radius 1 is 1.00 bits per heavy atom. The van der Waals surface area contributed by atoms with Gasteiger partial charge < -0.3 is 4.74 Å². The number of rotatable bonds is 5. The van der Waals surface area contributed by atoms with Gasteiger partial charge in [-0.15, -0.1) is 0 Å². The maximum absolute atomic E-state index is 13.7. The second-order valence-electron chi connectivity index (χ2n) is 8.35. The van der Waals surface area contributed by atoms with Crippen molar-refractivity contribution in [2.75, 3.05) is 12.0 Å². The predicted octanol–water partition coefficient (Wildman–Crippen LogP) is 5.08. The SMILES string of the molecule is COc1ccc(Br)cc1C1C(N2C(=O)c3cccc([N+](=O)[O-])c3C2=O)C(=O)N1c1ccc(Cl)cc1C. The highest BCUT2D eigenvalue weighted by Crippen LogP contribution is 2.48. The molecular formula is C25H17BrClN3O6. The third kappa shape index (κ3) is 3.48. The van der Waals surface area contributed by atoms with Crippen LogP contribution in [0.3, 0.4) is 0 Å². The highest BCUT2D eigenvalue weighted by molar-refractivity contribution is 9.10. The summed E-state index contributed by atoms with van der Waals surface area (Å²) in [5, 5.41) is 12.1. The number of carbonyl (C=O) groups excluding carboxylic acids is 3. The summed E-state index contributed by atoms with van der Waals surface area (Å²) in [7, 11) is 1.48. The van der Waals surface area contributed by atoms with Crippen molar-refractivity contribution in [3.8, 4) is 5.75 Å². The van der Waals surface area contributed by atoms with E-state index in [4.69, 9.17) is 16.3 Å². The largest absolute Gasteiger partial charge is 0.496 e. The van der Waals surface area contributed by atoms with Gasteiger partial charge in [0.05, 0.1) is 23.6 Å². The molecule has 3 amide bonds. The number of fused-ring (bicyclic) bond motifs is 1. The van der Waals surface area contributed by atoms with Crippen LogP contribution in [0.5, 0.6) is 5.75 Å². The van der Waals surface area contributed by atoms with Crippen molar-refractivity contribution in [2.45, 2.75) is 19.0 Å². The molecule has 0 N–H and O–H groups in total. The third-order valence-electron chi connectivity index (χ3n) is 6.40. The Morgan fingerprint density at radius 3 is 2.42 bits per heavy atom. The lowest BCUT2D eigenvalue weighted by Gasteiger charge is -2.50. The van der Waals surface area contributed by atoms with Crippen LogP contribution in [0.25, 0.3) is 0 Å². The first-order valence-corrected chi connectivity index (χ1v) is 11.9. The van der Waals surface area contributed by atoms with Crippen LogP contribution in [0.15, 0.2) is 59.1 Å². The number of carbonyl (C=O) groups is 3. The van der Waals surface area contributed by atoms with E-state index >= 15 is 0 Å². The van der Waals surface area contributed by atoms with Crippen LogP contribution in [0.1, 0.15) is 37.9 Å². The number of ether oxygens (including phenoxy) is 1. The lowest BCUT2D eigenvalue weighted by Crippen LogP contribution is -2.67. The minimum absolute atomic E-state index is 0.108. The molecule has 3 aromatic carbocycles. The maximum atomic E-state index is 13.7. The molecule has 0 aromatic heterocycles. The summed E-state index contributed by atoms with van der Waals surface area (Å²) >= 11 is 9.56. The highest BCUT2D eigenvalue weighted by atomic mass is 79.9. The fourth-order valence-electron chi connectivity index (χ4n) is 4.82. The fourth-order valence-corrected chi connectivity index (χ4v) is 5.42. The first-order valence-electron chi connectivity index (χ1n) is 10.7. The number of nitro groups is 1. The highest BCUT2D eigenvalue weighted by Gasteiger charge is 2.59. The van der Waals surface area contributed by atoms with Crippen LogP contribution in [0, 0.1) is 17.0 Å². The molecule has 5 rings (SSSR count). The normalized spacial score (nSPS) is 18.8. The van der Waals surface area contributed by atoms with Crippen LogP contribution >= 0.6 is 27.5 Å². The molecule has 9 nitrogen and oxygen atoms in total. The minimum Gasteiger partial charge on any atom is -0.496 e. The molecule has 3 aromatic rings. The number of halogens is 2. The van der Waals surface area contributed by atoms with Crippen LogP contribution in [0.2, 0.25) is 5.02 Å². The molecule has 0 saturated carbocycles. The van der Waals surface area contributed by atoms with Crippen LogP contribution < -0.4 is 9.64 Å². The number of hydrogen-bond acceptors (Lipinski definition) is 6. The molecule has 2 atom stereocenters. The first kappa shape index (κ1) is 24.0. The van der Waals surface area contributed by atoms with Crippen molar-refractivity contribution in [1.82, 2.24) is 4.90 Å². The van der Waals surface area contributed by atoms with E-state index in [0.717, 1.165) is 11.0 Å². The molecular weight excluding hydrogens is 554 g/mol. The van der Waals surface area contributed by atoms with Gasteiger partial charge in [-0.2, -0.15) is 0 Å². The number of β-lactam (4-membered cyclic amide) rings is 1. The van der Waals surface area contributed by atoms with Gasteiger partial charge in [-0.3, -0.25) is 34.3 Å². The van der Waals surface area contributed by atoms with Crippen molar-refractivity contribution in [1.29, 1.82) is 0 Å². The molecule has 11 heteroatoms. The molecule has 1 saturated heterocycles. The van der Waals surface area contributed by atoms with Crippen molar-refractivity contribution in [3.05, 3.63) is 96.5 Å². The zero-order valence-corrected chi connectivity index (χ0v) is 21.2. The van der Waals surface area contributed by atoms with E-state index in [2.05, 4.69) is 15.9 Å². The average Bonchev–Trinajstić information content (AvgIpc) is 3.09. The summed E-state index contributed by atoms with van der Waals surface area (Å²) in [5.41, 5.74) is 0.907. The molecule has 1 fully saturated rings. The number of aryl methyl sites for hydroxylation is 1. The smallest absolute Gasteiger partial charge is 0.282 e. The number of hydrogen-bond donors (Lipinski definition) is 0. The maximum Gasteiger partial charge on any atom is 0.282 e. The Labute approximate surface area is 218 Å². The fraction of sp³-hybridized carbons (Fsp3) is 0.160. The molecule has 182 valence electrons. The molecule has 0 spiro atoms. The van der Waals surface area contributed by atoms with Crippen molar-refractivity contribution < 1.29 is 24.0 Å². The van der Waals surface area contributed by atoms with Gasteiger partial charge in [0.2, 0.25) is 0 Å². The van der Waals surface area contributed by atoms with E-state index in [1.165, 1.54) is 24.1 Å². The zero-order valence-electron chi connectivity index (χ0n) is 18.9. The van der Waals surface area contributed by atoms with Gasteiger partial charge in [0.15, 0.2) is 0 Å². The van der Waals surface area contributed by atoms with Crippen LogP contribution in [-0.2, 0) is 4.79 Å². The summed E-state index contributed by atoms with van der Waals surface area (Å²) in [6.07, 6.45) is 0. The Kier molecular flexibility index (Phi) is 5.80. The lowest BCUT2D eigenvalue weighted by atomic mass is 9.85. The first-order chi connectivity index (χ1) is 17.1. The molecule has 0 bridgehead atoms. The summed E-state index contributed by atoms with van der Waals surface area (Å²) in [5.74, 6) is -1.71. The van der Waals surface area contributed by atoms with Gasteiger partial charge in [-0.05, 0) is 55.0 Å². The van der Waals surface area contributed by atoms with E-state index in [1.807, 2.05) is 0 Å². The number of benzene rings is 3. The Balaban J connectivity index is 1.67. The molecule has 2 aliphatic rings. The van der Waals surface area contributed by atoms with Gasteiger partial charge in [0.1, 0.15) is 17.4 Å². The monoisotopic (exact) mass is 569 g/mol. The average molecular weight is 571 g/mol. The van der Waals surface area contributed by atoms with Gasteiger partial charge in [0, 0.05) is 26.8 Å². The third-order valence-corrected chi connectivity index (χ3v) is 7.12. The quantitative estimate of drug-likeness (QED) is 0.183. The van der Waals surface area contributed by atoms with E-state index in [1.54, 1.807) is 43.3 Å². The summed E-state index contributed by atoms with van der Waals surface area (Å²) < 4.78 is 6.24. The second kappa shape index (κ2) is 8.72. The number of nitrogens with zero attached hydrogens (tertiary/aromatic N) is 3. The lowest BCUT2D eigenvalue weighted by molar-refractivity contribution is -0.385. The van der Waals surface area contributed by atoms with Gasteiger partial charge >= 0.3 is 0 Å². The van der Waals surface area contributed by atoms with Crippen molar-refractivity contribution in [2.24, 2.45) is 0 Å². The zero-order chi connectivity index (χ0) is 25.9. The van der Waals surface area contributed by atoms with Gasteiger partial charge in [-0.1, -0.05) is 33.6 Å². The predicted molar refractivity (Wildman–Crippen MR) is 134 cm³/mol. The summed E-state index contributed by atoms with van der Waals surface area (Å²) in [6.45, 7) is 1.79. The van der Waals surface area contributed by atoms with Gasteiger partial charge in [0.25, 0.3) is 23.4 Å². The molecule has 0 aliphatic carbocycles. The van der Waals surface area contributed by atoms with Crippen LogP contribution in [0.4, 0.5) is 11.4 Å².